The molecule has 1 aliphatic heterocycles. The third kappa shape index (κ3) is 3.33. The van der Waals surface area contributed by atoms with Crippen molar-refractivity contribution < 1.29 is 4.79 Å². The second kappa shape index (κ2) is 6.33. The fourth-order valence-electron chi connectivity index (χ4n) is 3.97. The summed E-state index contributed by atoms with van der Waals surface area (Å²) in [6.07, 6.45) is 2.99. The predicted octanol–water partition coefficient (Wildman–Crippen LogP) is 2.89. The molecule has 0 radical (unpaired) electrons. The van der Waals surface area contributed by atoms with E-state index in [1.54, 1.807) is 0 Å². The average molecular weight is 336 g/mol. The molecular weight excluding hydrogens is 310 g/mol. The first-order valence-electron chi connectivity index (χ1n) is 8.46. The molecule has 4 nitrogen and oxygen atoms in total. The van der Waals surface area contributed by atoms with E-state index in [0.717, 1.165) is 49.6 Å². The molecule has 1 heterocycles. The summed E-state index contributed by atoms with van der Waals surface area (Å²) in [6, 6.07) is 7.98. The first-order chi connectivity index (χ1) is 10.9. The number of hydrogen-bond acceptors (Lipinski definition) is 3. The van der Waals surface area contributed by atoms with Crippen LogP contribution < -0.4 is 10.6 Å². The van der Waals surface area contributed by atoms with Gasteiger partial charge in [0.05, 0.1) is 11.5 Å². The summed E-state index contributed by atoms with van der Waals surface area (Å²) in [4.78, 5) is 17.2. The molecule has 2 N–H and O–H groups in total. The smallest absolute Gasteiger partial charge is 0.227 e. The van der Waals surface area contributed by atoms with Gasteiger partial charge in [-0.15, -0.1) is 0 Å². The molecule has 0 spiro atoms. The number of anilines is 1. The lowest BCUT2D eigenvalue weighted by Gasteiger charge is -2.49. The molecule has 3 rings (SSSR count). The van der Waals surface area contributed by atoms with E-state index in [0.29, 0.717) is 0 Å². The first kappa shape index (κ1) is 16.6. The molecule has 1 saturated heterocycles. The van der Waals surface area contributed by atoms with Crippen LogP contribution in [0.4, 0.5) is 5.69 Å². The molecule has 5 heteroatoms. The van der Waals surface area contributed by atoms with Crippen LogP contribution in [0.3, 0.4) is 0 Å². The zero-order valence-corrected chi connectivity index (χ0v) is 14.7. The second-order valence-electron chi connectivity index (χ2n) is 7.40. The summed E-state index contributed by atoms with van der Waals surface area (Å²) < 4.78 is 0. The van der Waals surface area contributed by atoms with Crippen LogP contribution in [0.2, 0.25) is 5.02 Å². The summed E-state index contributed by atoms with van der Waals surface area (Å²) in [7, 11) is 0. The molecule has 1 aliphatic carbocycles. The van der Waals surface area contributed by atoms with E-state index < -0.39 is 0 Å². The van der Waals surface area contributed by atoms with Crippen LogP contribution in [0, 0.1) is 5.92 Å². The zero-order valence-electron chi connectivity index (χ0n) is 14.0. The van der Waals surface area contributed by atoms with Crippen molar-refractivity contribution in [1.82, 2.24) is 4.90 Å². The summed E-state index contributed by atoms with van der Waals surface area (Å²) in [5.41, 5.74) is 7.17. The normalized spacial score (nSPS) is 27.3. The minimum Gasteiger partial charge on any atom is -0.363 e. The lowest BCUT2D eigenvalue weighted by Crippen LogP contribution is -2.62. The summed E-state index contributed by atoms with van der Waals surface area (Å²) in [5, 5.41) is 0.746. The maximum absolute atomic E-state index is 12.8. The van der Waals surface area contributed by atoms with Crippen molar-refractivity contribution in [2.24, 2.45) is 11.7 Å². The molecule has 23 heavy (non-hydrogen) atoms. The minimum absolute atomic E-state index is 0.0212. The number of benzene rings is 1. The number of piperazine rings is 1. The molecular formula is C18H26ClN3O. The zero-order chi connectivity index (χ0) is 16.6. The van der Waals surface area contributed by atoms with Crippen molar-refractivity contribution in [3.05, 3.63) is 29.3 Å². The number of amides is 1. The Morgan fingerprint density at radius 3 is 2.48 bits per heavy atom. The van der Waals surface area contributed by atoms with E-state index in [4.69, 9.17) is 17.3 Å². The number of rotatable bonds is 2. The quantitative estimate of drug-likeness (QED) is 0.904. The Morgan fingerprint density at radius 2 is 1.91 bits per heavy atom. The average Bonchev–Trinajstić information content (AvgIpc) is 2.93. The van der Waals surface area contributed by atoms with Gasteiger partial charge in [-0.2, -0.15) is 0 Å². The van der Waals surface area contributed by atoms with Crippen LogP contribution in [0.15, 0.2) is 24.3 Å². The SMILES string of the molecule is CC1(C)CN(C(=O)[C@@H]2CCC[C@@H]2N)CCN1c1ccc(Cl)cc1. The van der Waals surface area contributed by atoms with Crippen LogP contribution in [-0.2, 0) is 4.79 Å². The molecule has 1 aromatic carbocycles. The van der Waals surface area contributed by atoms with Crippen molar-refractivity contribution in [3.8, 4) is 0 Å². The summed E-state index contributed by atoms with van der Waals surface area (Å²) in [6.45, 7) is 6.71. The molecule has 1 saturated carbocycles. The molecule has 126 valence electrons. The third-order valence-electron chi connectivity index (χ3n) is 5.24. The van der Waals surface area contributed by atoms with Crippen molar-refractivity contribution in [2.75, 3.05) is 24.5 Å². The number of nitrogens with two attached hydrogens (primary N) is 1. The van der Waals surface area contributed by atoms with Gasteiger partial charge in [-0.05, 0) is 51.0 Å². The summed E-state index contributed by atoms with van der Waals surface area (Å²) in [5.74, 6) is 0.270. The second-order valence-corrected chi connectivity index (χ2v) is 7.84. The number of carbonyl (C=O) groups is 1. The molecule has 1 aromatic rings. The number of carbonyl (C=O) groups excluding carboxylic acids is 1. The maximum atomic E-state index is 12.8. The molecule has 2 atom stereocenters. The fraction of sp³-hybridized carbons (Fsp3) is 0.611. The highest BCUT2D eigenvalue weighted by atomic mass is 35.5. The van der Waals surface area contributed by atoms with Crippen molar-refractivity contribution in [1.29, 1.82) is 0 Å². The number of halogens is 1. The monoisotopic (exact) mass is 335 g/mol. The Balaban J connectivity index is 1.72. The van der Waals surface area contributed by atoms with Gasteiger partial charge in [0, 0.05) is 36.4 Å². The van der Waals surface area contributed by atoms with Crippen molar-refractivity contribution >= 4 is 23.2 Å². The molecule has 0 bridgehead atoms. The van der Waals surface area contributed by atoms with Gasteiger partial charge in [0.1, 0.15) is 0 Å². The largest absolute Gasteiger partial charge is 0.363 e. The Morgan fingerprint density at radius 1 is 1.22 bits per heavy atom. The molecule has 0 unspecified atom stereocenters. The van der Waals surface area contributed by atoms with Crippen LogP contribution in [0.25, 0.3) is 0 Å². The van der Waals surface area contributed by atoms with Gasteiger partial charge in [-0.3, -0.25) is 4.79 Å². The number of hydrogen-bond donors (Lipinski definition) is 1. The molecule has 2 fully saturated rings. The Bertz CT molecular complexity index is 572. The van der Waals surface area contributed by atoms with Gasteiger partial charge in [-0.25, -0.2) is 0 Å². The highest BCUT2D eigenvalue weighted by Crippen LogP contribution is 2.31. The lowest BCUT2D eigenvalue weighted by atomic mass is 9.95. The van der Waals surface area contributed by atoms with Gasteiger partial charge in [0.2, 0.25) is 5.91 Å². The van der Waals surface area contributed by atoms with Crippen LogP contribution >= 0.6 is 11.6 Å². The van der Waals surface area contributed by atoms with Gasteiger partial charge in [-0.1, -0.05) is 18.0 Å². The topological polar surface area (TPSA) is 49.6 Å². The van der Waals surface area contributed by atoms with E-state index in [1.165, 1.54) is 0 Å². The van der Waals surface area contributed by atoms with Gasteiger partial charge in [0.25, 0.3) is 0 Å². The maximum Gasteiger partial charge on any atom is 0.227 e. The molecule has 2 aliphatic rings. The molecule has 0 aromatic heterocycles. The van der Waals surface area contributed by atoms with Crippen molar-refractivity contribution in [3.63, 3.8) is 0 Å². The van der Waals surface area contributed by atoms with E-state index in [-0.39, 0.29) is 23.4 Å². The Hall–Kier alpha value is -1.26. The number of nitrogens with zero attached hydrogens (tertiary/aromatic N) is 2. The third-order valence-corrected chi connectivity index (χ3v) is 5.49. The van der Waals surface area contributed by atoms with Crippen molar-refractivity contribution in [2.45, 2.75) is 44.7 Å². The predicted molar refractivity (Wildman–Crippen MR) is 94.8 cm³/mol. The lowest BCUT2D eigenvalue weighted by molar-refractivity contribution is -0.137. The van der Waals surface area contributed by atoms with Crippen LogP contribution in [0.5, 0.6) is 0 Å². The molecule has 1 amide bonds. The fourth-order valence-corrected chi connectivity index (χ4v) is 4.10. The first-order valence-corrected chi connectivity index (χ1v) is 8.84. The minimum atomic E-state index is -0.107. The van der Waals surface area contributed by atoms with E-state index >= 15 is 0 Å². The summed E-state index contributed by atoms with van der Waals surface area (Å²) >= 11 is 5.99. The van der Waals surface area contributed by atoms with Crippen LogP contribution in [-0.4, -0.2) is 42.0 Å². The van der Waals surface area contributed by atoms with Gasteiger partial charge in [0.15, 0.2) is 0 Å². The van der Waals surface area contributed by atoms with Crippen LogP contribution in [0.1, 0.15) is 33.1 Å². The van der Waals surface area contributed by atoms with E-state index in [2.05, 4.69) is 30.9 Å². The highest BCUT2D eigenvalue weighted by molar-refractivity contribution is 6.30. The van der Waals surface area contributed by atoms with E-state index in [1.807, 2.05) is 17.0 Å². The van der Waals surface area contributed by atoms with E-state index in [9.17, 15) is 4.79 Å². The van der Waals surface area contributed by atoms with Gasteiger partial charge < -0.3 is 15.5 Å². The highest BCUT2D eigenvalue weighted by Gasteiger charge is 2.40. The Labute approximate surface area is 143 Å². The standard InChI is InChI=1S/C18H26ClN3O/c1-18(2)12-21(17(23)15-4-3-5-16(15)20)10-11-22(18)14-8-6-13(19)7-9-14/h6-9,15-16H,3-5,10-12,20H2,1-2H3/t15-,16+/m1/s1. The Kier molecular flexibility index (Phi) is 4.56. The van der Waals surface area contributed by atoms with Gasteiger partial charge >= 0.3 is 0 Å².